The summed E-state index contributed by atoms with van der Waals surface area (Å²) < 4.78 is 6.21. The molecule has 0 saturated heterocycles. The van der Waals surface area contributed by atoms with Crippen LogP contribution in [0.1, 0.15) is 19.4 Å². The Morgan fingerprint density at radius 1 is 1.18 bits per heavy atom. The minimum atomic E-state index is -1.77. The second kappa shape index (κ2) is 5.03. The molecule has 0 aliphatic rings. The van der Waals surface area contributed by atoms with E-state index in [0.717, 1.165) is 5.56 Å². The summed E-state index contributed by atoms with van der Waals surface area (Å²) in [6.45, 7) is 18.0. The molecule has 1 rings (SSSR count). The molecule has 1 atom stereocenters. The number of hydrogen-bond acceptors (Lipinski definition) is 1. The molecule has 0 aromatic heterocycles. The zero-order valence-electron chi connectivity index (χ0n) is 11.3. The van der Waals surface area contributed by atoms with Gasteiger partial charge in [0.25, 0.3) is 0 Å². The normalized spacial score (nSPS) is 15.4. The highest BCUT2D eigenvalue weighted by molar-refractivity contribution is 6.69. The molecular weight excluding hydrogens is 226 g/mol. The van der Waals surface area contributed by atoms with Crippen LogP contribution in [0.2, 0.25) is 19.6 Å². The van der Waals surface area contributed by atoms with E-state index >= 15 is 0 Å². The third kappa shape index (κ3) is 3.18. The summed E-state index contributed by atoms with van der Waals surface area (Å²) in [5.74, 6) is 0.133. The highest BCUT2D eigenvalue weighted by atomic mass is 28.4. The van der Waals surface area contributed by atoms with E-state index in [9.17, 15) is 0 Å². The van der Waals surface area contributed by atoms with Crippen LogP contribution in [0.4, 0.5) is 0 Å². The van der Waals surface area contributed by atoms with Gasteiger partial charge in [0.15, 0.2) is 8.32 Å². The van der Waals surface area contributed by atoms with Crippen molar-refractivity contribution in [1.29, 1.82) is 0 Å². The van der Waals surface area contributed by atoms with Crippen LogP contribution in [-0.2, 0) is 10.2 Å². The molecule has 17 heavy (non-hydrogen) atoms. The first-order valence-corrected chi connectivity index (χ1v) is 9.37. The van der Waals surface area contributed by atoms with E-state index in [0.29, 0.717) is 0 Å². The highest BCUT2D eigenvalue weighted by Crippen LogP contribution is 2.37. The van der Waals surface area contributed by atoms with Gasteiger partial charge in [0.1, 0.15) is 0 Å². The van der Waals surface area contributed by atoms with Crippen LogP contribution in [0.3, 0.4) is 0 Å². The molecule has 0 saturated carbocycles. The van der Waals surface area contributed by atoms with Crippen molar-refractivity contribution < 1.29 is 4.43 Å². The van der Waals surface area contributed by atoms with Crippen molar-refractivity contribution in [1.82, 2.24) is 0 Å². The van der Waals surface area contributed by atoms with E-state index in [4.69, 9.17) is 11.0 Å². The average Bonchev–Trinajstić information content (AvgIpc) is 2.25. The molecule has 0 amide bonds. The monoisotopic (exact) mass is 247 g/mol. The summed E-state index contributed by atoms with van der Waals surface area (Å²) in [6, 6.07) is 9.86. The summed E-state index contributed by atoms with van der Waals surface area (Å²) in [5.41, 5.74) is 0.138. The Kier molecular flexibility index (Phi) is 4.13. The summed E-state index contributed by atoms with van der Waals surface area (Å²) in [5, 5.41) is 0. The fraction of sp³-hybridized carbons (Fsp3) is 0.500. The van der Waals surface area contributed by atoms with E-state index < -0.39 is 14.0 Å². The van der Waals surface area contributed by atoms with Gasteiger partial charge in [-0.1, -0.05) is 32.0 Å². The molecule has 0 N–H and O–H groups in total. The maximum absolute atomic E-state index is 7.58. The first-order chi connectivity index (χ1) is 7.82. The van der Waals surface area contributed by atoms with Crippen LogP contribution in [-0.4, -0.2) is 8.32 Å². The molecule has 1 aromatic rings. The van der Waals surface area contributed by atoms with Crippen LogP contribution >= 0.6 is 0 Å². The number of rotatable bonds is 4. The van der Waals surface area contributed by atoms with E-state index in [1.165, 1.54) is 0 Å². The largest absolute Gasteiger partial charge is 0.357 e. The molecule has 0 radical (unpaired) electrons. The second-order valence-electron chi connectivity index (χ2n) is 5.54. The van der Waals surface area contributed by atoms with Crippen LogP contribution in [0, 0.1) is 12.5 Å². The lowest BCUT2D eigenvalue weighted by molar-refractivity contribution is 0.0571. The summed E-state index contributed by atoms with van der Waals surface area (Å²) >= 11 is 0. The van der Waals surface area contributed by atoms with Crippen molar-refractivity contribution in [2.24, 2.45) is 5.92 Å². The lowest BCUT2D eigenvalue weighted by Gasteiger charge is -2.32. The standard InChI is InChI=1S/C14H21NOSi/c1-12(2)14(15-3,16-17(4,5)6)13-10-8-7-9-11-13/h7-12H,1-2,4-6H3. The molecule has 0 heterocycles. The lowest BCUT2D eigenvalue weighted by Crippen LogP contribution is -2.42. The van der Waals surface area contributed by atoms with Crippen molar-refractivity contribution in [3.8, 4) is 0 Å². The topological polar surface area (TPSA) is 13.6 Å². The molecule has 3 heteroatoms. The van der Waals surface area contributed by atoms with Gasteiger partial charge in [-0.05, 0) is 31.8 Å². The van der Waals surface area contributed by atoms with Gasteiger partial charge in [0.05, 0.1) is 11.5 Å². The first-order valence-electron chi connectivity index (χ1n) is 5.96. The summed E-state index contributed by atoms with van der Waals surface area (Å²) in [7, 11) is -1.77. The van der Waals surface area contributed by atoms with Gasteiger partial charge in [-0.15, -0.1) is 0 Å². The fourth-order valence-corrected chi connectivity index (χ4v) is 3.20. The Morgan fingerprint density at radius 3 is 2.06 bits per heavy atom. The maximum Gasteiger partial charge on any atom is 0.357 e. The second-order valence-corrected chi connectivity index (χ2v) is 9.97. The third-order valence-electron chi connectivity index (χ3n) is 2.60. The number of benzene rings is 1. The zero-order valence-corrected chi connectivity index (χ0v) is 12.3. The van der Waals surface area contributed by atoms with Gasteiger partial charge in [0.2, 0.25) is 0 Å². The number of nitrogens with zero attached hydrogens (tertiary/aromatic N) is 1. The molecule has 0 aliphatic heterocycles. The number of hydrogen-bond donors (Lipinski definition) is 0. The summed E-state index contributed by atoms with van der Waals surface area (Å²) in [4.78, 5) is 3.84. The van der Waals surface area contributed by atoms with Crippen molar-refractivity contribution in [3.05, 3.63) is 47.3 Å². The minimum Gasteiger partial charge on any atom is -0.347 e. The van der Waals surface area contributed by atoms with Crippen molar-refractivity contribution in [2.75, 3.05) is 0 Å². The van der Waals surface area contributed by atoms with Crippen molar-refractivity contribution >= 4 is 8.32 Å². The lowest BCUT2D eigenvalue weighted by atomic mass is 9.92. The Bertz CT molecular complexity index is 402. The first kappa shape index (κ1) is 13.9. The minimum absolute atomic E-state index is 0.133. The molecule has 0 spiro atoms. The van der Waals surface area contributed by atoms with Gasteiger partial charge in [-0.25, -0.2) is 6.57 Å². The van der Waals surface area contributed by atoms with Crippen LogP contribution in [0.5, 0.6) is 0 Å². The van der Waals surface area contributed by atoms with Crippen molar-refractivity contribution in [2.45, 2.75) is 39.2 Å². The maximum atomic E-state index is 7.58. The Hall–Kier alpha value is -1.11. The molecule has 92 valence electrons. The van der Waals surface area contributed by atoms with Crippen LogP contribution in [0.15, 0.2) is 30.3 Å². The molecular formula is C14H21NOSi. The highest BCUT2D eigenvalue weighted by Gasteiger charge is 2.47. The van der Waals surface area contributed by atoms with Gasteiger partial charge >= 0.3 is 5.72 Å². The van der Waals surface area contributed by atoms with Gasteiger partial charge in [-0.2, -0.15) is 0 Å². The van der Waals surface area contributed by atoms with Gasteiger partial charge in [-0.3, -0.25) is 4.85 Å². The summed E-state index contributed by atoms with van der Waals surface area (Å²) in [6.07, 6.45) is 0. The predicted octanol–water partition coefficient (Wildman–Crippen LogP) is 4.27. The molecule has 1 unspecified atom stereocenters. The van der Waals surface area contributed by atoms with E-state index in [-0.39, 0.29) is 5.92 Å². The Labute approximate surface area is 106 Å². The quantitative estimate of drug-likeness (QED) is 0.572. The average molecular weight is 247 g/mol. The van der Waals surface area contributed by atoms with Crippen molar-refractivity contribution in [3.63, 3.8) is 0 Å². The van der Waals surface area contributed by atoms with E-state index in [2.05, 4.69) is 24.5 Å². The zero-order chi connectivity index (χ0) is 13.1. The SMILES string of the molecule is [C-]#[N+]C(O[Si](C)(C)C)(c1ccccc1)C(C)C. The van der Waals surface area contributed by atoms with Crippen LogP contribution in [0.25, 0.3) is 4.85 Å². The fourth-order valence-electron chi connectivity index (χ4n) is 1.87. The van der Waals surface area contributed by atoms with Gasteiger partial charge < -0.3 is 4.43 Å². The Morgan fingerprint density at radius 2 is 1.71 bits per heavy atom. The molecule has 0 bridgehead atoms. The predicted molar refractivity (Wildman–Crippen MR) is 74.0 cm³/mol. The van der Waals surface area contributed by atoms with E-state index in [1.54, 1.807) is 0 Å². The third-order valence-corrected chi connectivity index (χ3v) is 3.52. The molecule has 1 aromatic carbocycles. The van der Waals surface area contributed by atoms with Crippen LogP contribution < -0.4 is 0 Å². The van der Waals surface area contributed by atoms with E-state index in [1.807, 2.05) is 44.2 Å². The van der Waals surface area contributed by atoms with Gasteiger partial charge in [0, 0.05) is 0 Å². The smallest absolute Gasteiger partial charge is 0.347 e. The molecule has 2 nitrogen and oxygen atoms in total. The molecule has 0 fully saturated rings. The Balaban J connectivity index is 3.25. The molecule has 0 aliphatic carbocycles.